The van der Waals surface area contributed by atoms with Crippen molar-refractivity contribution in [3.8, 4) is 17.2 Å². The largest absolute Gasteiger partial charge is 0.480 e. The van der Waals surface area contributed by atoms with E-state index < -0.39 is 6.10 Å². The van der Waals surface area contributed by atoms with Crippen LogP contribution in [0.1, 0.15) is 22.8 Å². The average molecular weight is 418 g/mol. The molecule has 0 unspecified atom stereocenters. The fraction of sp³-hybridized carbons (Fsp3) is 0.167. The van der Waals surface area contributed by atoms with E-state index in [0.29, 0.717) is 35.0 Å². The summed E-state index contributed by atoms with van der Waals surface area (Å²) in [6.07, 6.45) is -0.825. The van der Waals surface area contributed by atoms with Crippen LogP contribution in [0.5, 0.6) is 17.2 Å². The van der Waals surface area contributed by atoms with E-state index in [1.165, 1.54) is 0 Å². The van der Waals surface area contributed by atoms with Gasteiger partial charge in [-0.3, -0.25) is 9.59 Å². The fourth-order valence-electron chi connectivity index (χ4n) is 3.09. The van der Waals surface area contributed by atoms with E-state index in [-0.39, 0.29) is 18.6 Å². The van der Waals surface area contributed by atoms with Gasteiger partial charge in [-0.2, -0.15) is 0 Å². The number of benzene rings is 3. The van der Waals surface area contributed by atoms with Crippen LogP contribution in [0.2, 0.25) is 0 Å². The molecule has 0 aromatic heterocycles. The zero-order chi connectivity index (χ0) is 21.6. The minimum atomic E-state index is -0.825. The summed E-state index contributed by atoms with van der Waals surface area (Å²) in [6, 6.07) is 21.6. The first kappa shape index (κ1) is 20.3. The third-order valence-corrected chi connectivity index (χ3v) is 4.74. The number of ether oxygens (including phenoxy) is 3. The van der Waals surface area contributed by atoms with Gasteiger partial charge >= 0.3 is 0 Å². The molecule has 1 aliphatic rings. The first-order valence-corrected chi connectivity index (χ1v) is 9.88. The highest BCUT2D eigenvalue weighted by Gasteiger charge is 2.20. The minimum absolute atomic E-state index is 0.162. The van der Waals surface area contributed by atoms with Crippen molar-refractivity contribution in [2.45, 2.75) is 19.6 Å². The maximum absolute atomic E-state index is 12.7. The molecule has 0 spiro atoms. The van der Waals surface area contributed by atoms with Gasteiger partial charge in [-0.15, -0.1) is 0 Å². The summed E-state index contributed by atoms with van der Waals surface area (Å²) in [7, 11) is 0. The highest BCUT2D eigenvalue weighted by atomic mass is 16.7. The Balaban J connectivity index is 1.39. The van der Waals surface area contributed by atoms with E-state index in [0.717, 1.165) is 5.56 Å². The van der Waals surface area contributed by atoms with Crippen molar-refractivity contribution in [3.05, 3.63) is 83.9 Å². The van der Waals surface area contributed by atoms with Crippen LogP contribution in [0.4, 0.5) is 5.69 Å². The molecule has 0 saturated carbocycles. The number of anilines is 1. The molecule has 0 radical (unpaired) electrons. The molecule has 0 saturated heterocycles. The van der Waals surface area contributed by atoms with Crippen molar-refractivity contribution in [1.82, 2.24) is 5.32 Å². The second-order valence-electron chi connectivity index (χ2n) is 6.98. The Labute approximate surface area is 179 Å². The Bertz CT molecular complexity index is 1080. The molecule has 1 atom stereocenters. The summed E-state index contributed by atoms with van der Waals surface area (Å²) >= 11 is 0. The molecular formula is C24H22N2O5. The SMILES string of the molecule is C[C@@H](Oc1ccccc1C(=O)NCc1ccccc1)C(=O)Nc1ccc2c(c1)OCO2. The van der Waals surface area contributed by atoms with E-state index >= 15 is 0 Å². The standard InChI is InChI=1S/C24H22N2O5/c1-16(23(27)26-18-11-12-21-22(13-18)30-15-29-21)31-20-10-6-5-9-19(20)24(28)25-14-17-7-3-2-4-8-17/h2-13,16H,14-15H2,1H3,(H,25,28)(H,26,27)/t16-/m1/s1. The van der Waals surface area contributed by atoms with Crippen molar-refractivity contribution in [1.29, 1.82) is 0 Å². The van der Waals surface area contributed by atoms with Crippen LogP contribution in [0, 0.1) is 0 Å². The van der Waals surface area contributed by atoms with Gasteiger partial charge in [0.05, 0.1) is 5.56 Å². The summed E-state index contributed by atoms with van der Waals surface area (Å²) in [5.74, 6) is 0.923. The Morgan fingerprint density at radius 2 is 1.71 bits per heavy atom. The van der Waals surface area contributed by atoms with Crippen molar-refractivity contribution in [2.24, 2.45) is 0 Å². The molecule has 2 N–H and O–H groups in total. The zero-order valence-electron chi connectivity index (χ0n) is 17.0. The van der Waals surface area contributed by atoms with Gasteiger partial charge in [0.2, 0.25) is 6.79 Å². The molecule has 1 aliphatic heterocycles. The number of carbonyl (C=O) groups is 2. The average Bonchev–Trinajstić information content (AvgIpc) is 3.26. The number of fused-ring (bicyclic) bond motifs is 1. The molecule has 3 aromatic carbocycles. The molecular weight excluding hydrogens is 396 g/mol. The number of hydrogen-bond acceptors (Lipinski definition) is 5. The lowest BCUT2D eigenvalue weighted by molar-refractivity contribution is -0.122. The van der Waals surface area contributed by atoms with Gasteiger partial charge in [0.1, 0.15) is 5.75 Å². The summed E-state index contributed by atoms with van der Waals surface area (Å²) < 4.78 is 16.4. The smallest absolute Gasteiger partial charge is 0.265 e. The predicted octanol–water partition coefficient (Wildman–Crippen LogP) is 3.75. The Morgan fingerprint density at radius 3 is 2.55 bits per heavy atom. The highest BCUT2D eigenvalue weighted by molar-refractivity contribution is 5.97. The van der Waals surface area contributed by atoms with Gasteiger partial charge in [0.25, 0.3) is 11.8 Å². The van der Waals surface area contributed by atoms with Crippen LogP contribution in [-0.2, 0) is 11.3 Å². The van der Waals surface area contributed by atoms with E-state index in [4.69, 9.17) is 14.2 Å². The Kier molecular flexibility index (Phi) is 6.03. The molecule has 158 valence electrons. The molecule has 3 aromatic rings. The Morgan fingerprint density at radius 1 is 0.968 bits per heavy atom. The van der Waals surface area contributed by atoms with Gasteiger partial charge in [-0.1, -0.05) is 42.5 Å². The normalized spacial score (nSPS) is 12.7. The maximum Gasteiger partial charge on any atom is 0.265 e. The Hall–Kier alpha value is -4.00. The van der Waals surface area contributed by atoms with Crippen LogP contribution in [-0.4, -0.2) is 24.7 Å². The zero-order valence-corrected chi connectivity index (χ0v) is 17.0. The highest BCUT2D eigenvalue weighted by Crippen LogP contribution is 2.34. The lowest BCUT2D eigenvalue weighted by Crippen LogP contribution is -2.31. The molecule has 7 nitrogen and oxygen atoms in total. The van der Waals surface area contributed by atoms with E-state index in [1.807, 2.05) is 30.3 Å². The van der Waals surface area contributed by atoms with Crippen molar-refractivity contribution in [3.63, 3.8) is 0 Å². The van der Waals surface area contributed by atoms with E-state index in [2.05, 4.69) is 10.6 Å². The third kappa shape index (κ3) is 4.95. The van der Waals surface area contributed by atoms with Gasteiger partial charge < -0.3 is 24.8 Å². The lowest BCUT2D eigenvalue weighted by atomic mass is 10.1. The summed E-state index contributed by atoms with van der Waals surface area (Å²) in [4.78, 5) is 25.3. The number of hydrogen-bond donors (Lipinski definition) is 2. The quantitative estimate of drug-likeness (QED) is 0.610. The number of para-hydroxylation sites is 1. The molecule has 31 heavy (non-hydrogen) atoms. The molecule has 1 heterocycles. The first-order valence-electron chi connectivity index (χ1n) is 9.88. The second kappa shape index (κ2) is 9.21. The second-order valence-corrected chi connectivity index (χ2v) is 6.98. The third-order valence-electron chi connectivity index (χ3n) is 4.74. The van der Waals surface area contributed by atoms with Gasteiger partial charge in [-0.25, -0.2) is 0 Å². The molecule has 2 amide bonds. The number of nitrogens with one attached hydrogen (secondary N) is 2. The fourth-order valence-corrected chi connectivity index (χ4v) is 3.09. The first-order chi connectivity index (χ1) is 15.1. The van der Waals surface area contributed by atoms with Gasteiger partial charge in [-0.05, 0) is 36.8 Å². The molecule has 7 heteroatoms. The number of amides is 2. The van der Waals surface area contributed by atoms with Crippen LogP contribution < -0.4 is 24.8 Å². The summed E-state index contributed by atoms with van der Waals surface area (Å²) in [5.41, 5.74) is 1.92. The topological polar surface area (TPSA) is 85.9 Å². The van der Waals surface area contributed by atoms with Crippen molar-refractivity contribution < 1.29 is 23.8 Å². The molecule has 0 fully saturated rings. The summed E-state index contributed by atoms with van der Waals surface area (Å²) in [5, 5.41) is 5.66. The van der Waals surface area contributed by atoms with E-state index in [1.54, 1.807) is 49.4 Å². The molecule has 0 aliphatic carbocycles. The van der Waals surface area contributed by atoms with Crippen LogP contribution in [0.15, 0.2) is 72.8 Å². The number of rotatable bonds is 7. The molecule has 4 rings (SSSR count). The van der Waals surface area contributed by atoms with Crippen molar-refractivity contribution >= 4 is 17.5 Å². The maximum atomic E-state index is 12.7. The molecule has 0 bridgehead atoms. The van der Waals surface area contributed by atoms with Gasteiger partial charge in [0, 0.05) is 18.3 Å². The van der Waals surface area contributed by atoms with Gasteiger partial charge in [0.15, 0.2) is 17.6 Å². The lowest BCUT2D eigenvalue weighted by Gasteiger charge is -2.17. The number of carbonyl (C=O) groups excluding carboxylic acids is 2. The van der Waals surface area contributed by atoms with Crippen LogP contribution >= 0.6 is 0 Å². The monoisotopic (exact) mass is 418 g/mol. The minimum Gasteiger partial charge on any atom is -0.480 e. The van der Waals surface area contributed by atoms with Crippen molar-refractivity contribution in [2.75, 3.05) is 12.1 Å². The van der Waals surface area contributed by atoms with Crippen LogP contribution in [0.3, 0.4) is 0 Å². The van der Waals surface area contributed by atoms with Crippen LogP contribution in [0.25, 0.3) is 0 Å². The van der Waals surface area contributed by atoms with E-state index in [9.17, 15) is 9.59 Å². The summed E-state index contributed by atoms with van der Waals surface area (Å²) in [6.45, 7) is 2.19. The predicted molar refractivity (Wildman–Crippen MR) is 115 cm³/mol.